The van der Waals surface area contributed by atoms with Crippen LogP contribution in [0.2, 0.25) is 0 Å². The van der Waals surface area contributed by atoms with Crippen molar-refractivity contribution >= 4 is 5.91 Å². The Kier molecular flexibility index (Phi) is 6.21. The lowest BCUT2D eigenvalue weighted by molar-refractivity contribution is 0.0731. The average Bonchev–Trinajstić information content (AvgIpc) is 3.49. The summed E-state index contributed by atoms with van der Waals surface area (Å²) in [5, 5.41) is 0. The Bertz CT molecular complexity index is 1310. The van der Waals surface area contributed by atoms with Gasteiger partial charge in [0.15, 0.2) is 0 Å². The van der Waals surface area contributed by atoms with Gasteiger partial charge in [-0.05, 0) is 43.9 Å². The summed E-state index contributed by atoms with van der Waals surface area (Å²) in [4.78, 5) is 29.4. The fraction of sp³-hybridized carbons (Fsp3) is 0.286. The van der Waals surface area contributed by atoms with Crippen molar-refractivity contribution in [1.82, 2.24) is 24.4 Å². The Morgan fingerprint density at radius 3 is 2.79 bits per heavy atom. The summed E-state index contributed by atoms with van der Waals surface area (Å²) < 4.78 is 2.06. The van der Waals surface area contributed by atoms with Crippen molar-refractivity contribution in [3.05, 3.63) is 113 Å². The van der Waals surface area contributed by atoms with Crippen LogP contribution in [0.5, 0.6) is 0 Å². The van der Waals surface area contributed by atoms with Gasteiger partial charge in [-0.1, -0.05) is 48.0 Å². The number of aryl methyl sites for hydroxylation is 2. The molecule has 6 nitrogen and oxygen atoms in total. The minimum absolute atomic E-state index is 0.0551. The second-order valence-electron chi connectivity index (χ2n) is 9.02. The van der Waals surface area contributed by atoms with Crippen molar-refractivity contribution in [1.29, 1.82) is 0 Å². The second kappa shape index (κ2) is 9.59. The molecule has 0 spiro atoms. The van der Waals surface area contributed by atoms with Crippen molar-refractivity contribution in [2.45, 2.75) is 45.7 Å². The van der Waals surface area contributed by atoms with Gasteiger partial charge >= 0.3 is 0 Å². The van der Waals surface area contributed by atoms with Crippen LogP contribution in [0, 0.1) is 13.8 Å². The lowest BCUT2D eigenvalue weighted by atomic mass is 10.0. The van der Waals surface area contributed by atoms with E-state index < -0.39 is 0 Å². The SMILES string of the molecule is Cc1cccc(Cc2cncc(C3CCCN3C(=O)c3ccccc3Cn3ccnc3C)n2)c1. The summed E-state index contributed by atoms with van der Waals surface area (Å²) in [6.07, 6.45) is 9.98. The molecular weight excluding hydrogens is 422 g/mol. The number of nitrogens with zero attached hydrogens (tertiary/aromatic N) is 5. The van der Waals surface area contributed by atoms with Crippen molar-refractivity contribution < 1.29 is 4.79 Å². The van der Waals surface area contributed by atoms with Crippen molar-refractivity contribution in [2.75, 3.05) is 6.54 Å². The monoisotopic (exact) mass is 451 g/mol. The molecule has 2 aromatic carbocycles. The highest BCUT2D eigenvalue weighted by Gasteiger charge is 2.32. The zero-order chi connectivity index (χ0) is 23.5. The third kappa shape index (κ3) is 4.62. The first-order valence-corrected chi connectivity index (χ1v) is 11.8. The number of hydrogen-bond donors (Lipinski definition) is 0. The molecule has 1 amide bonds. The predicted molar refractivity (Wildman–Crippen MR) is 132 cm³/mol. The highest BCUT2D eigenvalue weighted by Crippen LogP contribution is 2.32. The van der Waals surface area contributed by atoms with Crippen LogP contribution in [-0.4, -0.2) is 36.9 Å². The van der Waals surface area contributed by atoms with Crippen LogP contribution in [0.1, 0.15) is 63.1 Å². The maximum atomic E-state index is 13.7. The predicted octanol–water partition coefficient (Wildman–Crippen LogP) is 4.91. The second-order valence-corrected chi connectivity index (χ2v) is 9.02. The van der Waals surface area contributed by atoms with E-state index in [1.54, 1.807) is 6.20 Å². The van der Waals surface area contributed by atoms with E-state index in [-0.39, 0.29) is 11.9 Å². The summed E-state index contributed by atoms with van der Waals surface area (Å²) in [5.41, 5.74) is 6.00. The van der Waals surface area contributed by atoms with Crippen molar-refractivity contribution in [3.63, 3.8) is 0 Å². The number of likely N-dealkylation sites (tertiary alicyclic amines) is 1. The molecule has 0 N–H and O–H groups in total. The molecule has 3 heterocycles. The summed E-state index contributed by atoms with van der Waals surface area (Å²) >= 11 is 0. The number of benzene rings is 2. The molecule has 1 saturated heterocycles. The third-order valence-corrected chi connectivity index (χ3v) is 6.54. The topological polar surface area (TPSA) is 63.9 Å². The van der Waals surface area contributed by atoms with Crippen molar-refractivity contribution in [2.24, 2.45) is 0 Å². The van der Waals surface area contributed by atoms with Gasteiger partial charge in [-0.25, -0.2) is 4.98 Å². The molecule has 0 bridgehead atoms. The molecule has 0 radical (unpaired) electrons. The number of carbonyl (C=O) groups is 1. The Balaban J connectivity index is 1.39. The van der Waals surface area contributed by atoms with E-state index >= 15 is 0 Å². The van der Waals surface area contributed by atoms with E-state index in [1.165, 1.54) is 11.1 Å². The van der Waals surface area contributed by atoms with Crippen LogP contribution in [-0.2, 0) is 13.0 Å². The molecule has 4 aromatic rings. The van der Waals surface area contributed by atoms with Crippen LogP contribution < -0.4 is 0 Å². The molecule has 172 valence electrons. The molecule has 34 heavy (non-hydrogen) atoms. The van der Waals surface area contributed by atoms with E-state index in [0.717, 1.165) is 54.1 Å². The lowest BCUT2D eigenvalue weighted by Crippen LogP contribution is -2.32. The first-order valence-electron chi connectivity index (χ1n) is 11.8. The average molecular weight is 452 g/mol. The van der Waals surface area contributed by atoms with Gasteiger partial charge in [-0.2, -0.15) is 0 Å². The standard InChI is InChI=1S/C28H29N5O/c1-20-7-5-8-22(15-20)16-24-17-29-18-26(31-24)27-11-6-13-33(27)28(34)25-10-4-3-9-23(25)19-32-14-12-30-21(32)2/h3-5,7-10,12,14-15,17-18,27H,6,11,13,16,19H2,1-2H3. The van der Waals surface area contributed by atoms with Gasteiger partial charge < -0.3 is 9.47 Å². The quantitative estimate of drug-likeness (QED) is 0.418. The molecule has 1 aliphatic heterocycles. The van der Waals surface area contributed by atoms with Crippen LogP contribution >= 0.6 is 0 Å². The van der Waals surface area contributed by atoms with Gasteiger partial charge in [-0.15, -0.1) is 0 Å². The molecule has 6 heteroatoms. The molecule has 1 atom stereocenters. The zero-order valence-electron chi connectivity index (χ0n) is 19.7. The molecule has 1 fully saturated rings. The number of hydrogen-bond acceptors (Lipinski definition) is 4. The van der Waals surface area contributed by atoms with Gasteiger partial charge in [0.1, 0.15) is 5.82 Å². The molecular formula is C28H29N5O. The largest absolute Gasteiger partial charge is 0.331 e. The molecule has 5 rings (SSSR count). The van der Waals surface area contributed by atoms with Crippen LogP contribution in [0.4, 0.5) is 0 Å². The van der Waals surface area contributed by atoms with E-state index in [4.69, 9.17) is 4.98 Å². The summed E-state index contributed by atoms with van der Waals surface area (Å²) in [6.45, 7) is 5.42. The van der Waals surface area contributed by atoms with Gasteiger partial charge in [-0.3, -0.25) is 14.8 Å². The number of rotatable bonds is 6. The number of aromatic nitrogens is 4. The smallest absolute Gasteiger partial charge is 0.254 e. The Hall–Kier alpha value is -3.80. The van der Waals surface area contributed by atoms with E-state index in [0.29, 0.717) is 6.54 Å². The van der Waals surface area contributed by atoms with E-state index in [2.05, 4.69) is 45.7 Å². The van der Waals surface area contributed by atoms with Gasteiger partial charge in [0.25, 0.3) is 5.91 Å². The van der Waals surface area contributed by atoms with Gasteiger partial charge in [0.05, 0.1) is 23.6 Å². The van der Waals surface area contributed by atoms with E-state index in [9.17, 15) is 4.79 Å². The van der Waals surface area contributed by atoms with Crippen LogP contribution in [0.3, 0.4) is 0 Å². The fourth-order valence-electron chi connectivity index (χ4n) is 4.79. The zero-order valence-corrected chi connectivity index (χ0v) is 19.7. The molecule has 1 unspecified atom stereocenters. The van der Waals surface area contributed by atoms with Gasteiger partial charge in [0.2, 0.25) is 0 Å². The molecule has 0 aliphatic carbocycles. The summed E-state index contributed by atoms with van der Waals surface area (Å²) in [5.74, 6) is 0.990. The first kappa shape index (κ1) is 22.0. The molecule has 1 aliphatic rings. The summed E-state index contributed by atoms with van der Waals surface area (Å²) in [6, 6.07) is 16.3. The maximum absolute atomic E-state index is 13.7. The summed E-state index contributed by atoms with van der Waals surface area (Å²) in [7, 11) is 0. The fourth-order valence-corrected chi connectivity index (χ4v) is 4.79. The normalized spacial score (nSPS) is 15.6. The highest BCUT2D eigenvalue weighted by molar-refractivity contribution is 5.96. The minimum Gasteiger partial charge on any atom is -0.331 e. The number of amides is 1. The Morgan fingerprint density at radius 2 is 1.97 bits per heavy atom. The first-order chi connectivity index (χ1) is 16.6. The minimum atomic E-state index is -0.0551. The van der Waals surface area contributed by atoms with E-state index in [1.807, 2.05) is 54.7 Å². The molecule has 0 saturated carbocycles. The Morgan fingerprint density at radius 1 is 1.09 bits per heavy atom. The third-order valence-electron chi connectivity index (χ3n) is 6.54. The van der Waals surface area contributed by atoms with Crippen LogP contribution in [0.25, 0.3) is 0 Å². The van der Waals surface area contributed by atoms with Gasteiger partial charge in [0, 0.05) is 43.7 Å². The number of imidazole rings is 1. The molecule has 2 aromatic heterocycles. The lowest BCUT2D eigenvalue weighted by Gasteiger charge is -2.25. The van der Waals surface area contributed by atoms with Crippen LogP contribution in [0.15, 0.2) is 73.3 Å². The van der Waals surface area contributed by atoms with Crippen molar-refractivity contribution in [3.8, 4) is 0 Å². The Labute approximate surface area is 200 Å². The number of carbonyl (C=O) groups excluding carboxylic acids is 1. The maximum Gasteiger partial charge on any atom is 0.254 e. The highest BCUT2D eigenvalue weighted by atomic mass is 16.2.